The average molecular weight is 462 g/mol. The van der Waals surface area contributed by atoms with Crippen molar-refractivity contribution in [2.45, 2.75) is 50.1 Å². The van der Waals surface area contributed by atoms with E-state index in [9.17, 15) is 22.4 Å². The molecule has 2 amide bonds. The molecule has 2 aromatic carbocycles. The lowest BCUT2D eigenvalue weighted by atomic mass is 10.0. The quantitative estimate of drug-likeness (QED) is 0.620. The Hall–Kier alpha value is -2.78. The van der Waals surface area contributed by atoms with E-state index in [2.05, 4.69) is 10.6 Å². The van der Waals surface area contributed by atoms with Crippen LogP contribution in [0.3, 0.4) is 0 Å². The minimum Gasteiger partial charge on any atom is -0.348 e. The number of amides is 2. The summed E-state index contributed by atoms with van der Waals surface area (Å²) in [6, 6.07) is 12.1. The molecule has 0 radical (unpaired) electrons. The maximum Gasteiger partial charge on any atom is 0.309 e. The molecule has 1 saturated heterocycles. The van der Waals surface area contributed by atoms with E-state index in [1.54, 1.807) is 0 Å². The summed E-state index contributed by atoms with van der Waals surface area (Å²) in [7, 11) is -3.76. The largest absolute Gasteiger partial charge is 0.348 e. The number of sulfonamides is 1. The van der Waals surface area contributed by atoms with Crippen molar-refractivity contribution in [1.82, 2.24) is 14.9 Å². The van der Waals surface area contributed by atoms with Gasteiger partial charge in [0.25, 0.3) is 0 Å². The van der Waals surface area contributed by atoms with Crippen LogP contribution < -0.4 is 10.6 Å². The fraction of sp³-hybridized carbons (Fsp3) is 0.391. The van der Waals surface area contributed by atoms with Crippen LogP contribution >= 0.6 is 0 Å². The van der Waals surface area contributed by atoms with E-state index in [0.29, 0.717) is 19.4 Å². The molecular weight excluding hydrogens is 433 g/mol. The molecule has 32 heavy (non-hydrogen) atoms. The Bertz CT molecular complexity index is 1040. The Labute approximate surface area is 188 Å². The molecule has 1 aliphatic heterocycles. The molecule has 172 valence electrons. The molecule has 1 unspecified atom stereocenters. The molecule has 0 aliphatic carbocycles. The number of carbonyl (C=O) groups is 2. The van der Waals surface area contributed by atoms with Gasteiger partial charge in [-0.05, 0) is 56.0 Å². The third-order valence-corrected chi connectivity index (χ3v) is 7.50. The highest BCUT2D eigenvalue weighted by atomic mass is 32.2. The summed E-state index contributed by atoms with van der Waals surface area (Å²) in [5, 5.41) is 5.15. The van der Waals surface area contributed by atoms with Crippen LogP contribution in [0, 0.1) is 12.7 Å². The number of nitrogens with one attached hydrogen (secondary N) is 2. The number of nitrogens with zero attached hydrogens (tertiary/aromatic N) is 1. The Kier molecular flexibility index (Phi) is 7.98. The summed E-state index contributed by atoms with van der Waals surface area (Å²) in [5.41, 5.74) is 2.00. The van der Waals surface area contributed by atoms with Crippen LogP contribution in [0.2, 0.25) is 0 Å². The van der Waals surface area contributed by atoms with Gasteiger partial charge >= 0.3 is 11.8 Å². The van der Waals surface area contributed by atoms with Crippen molar-refractivity contribution in [3.63, 3.8) is 0 Å². The van der Waals surface area contributed by atoms with Crippen LogP contribution in [0.25, 0.3) is 0 Å². The van der Waals surface area contributed by atoms with Gasteiger partial charge in [-0.15, -0.1) is 0 Å². The van der Waals surface area contributed by atoms with E-state index in [-0.39, 0.29) is 24.0 Å². The molecule has 2 aromatic rings. The summed E-state index contributed by atoms with van der Waals surface area (Å²) in [6.07, 6.45) is 2.67. The summed E-state index contributed by atoms with van der Waals surface area (Å²) >= 11 is 0. The van der Waals surface area contributed by atoms with Crippen LogP contribution in [-0.2, 0) is 26.2 Å². The average Bonchev–Trinajstić information content (AvgIpc) is 2.79. The Balaban J connectivity index is 1.51. The summed E-state index contributed by atoms with van der Waals surface area (Å²) in [6.45, 7) is 2.76. The maximum absolute atomic E-state index is 13.2. The lowest BCUT2D eigenvalue weighted by Crippen LogP contribution is -2.46. The molecule has 0 saturated carbocycles. The highest BCUT2D eigenvalue weighted by Gasteiger charge is 2.33. The third-order valence-electron chi connectivity index (χ3n) is 5.54. The Morgan fingerprint density at radius 2 is 1.66 bits per heavy atom. The van der Waals surface area contributed by atoms with Crippen LogP contribution in [0.15, 0.2) is 53.4 Å². The first-order chi connectivity index (χ1) is 15.3. The zero-order valence-electron chi connectivity index (χ0n) is 18.0. The summed E-state index contributed by atoms with van der Waals surface area (Å²) < 4.78 is 40.6. The molecule has 0 spiro atoms. The lowest BCUT2D eigenvalue weighted by molar-refractivity contribution is -0.139. The smallest absolute Gasteiger partial charge is 0.309 e. The predicted octanol–water partition coefficient (Wildman–Crippen LogP) is 2.50. The number of hydrogen-bond donors (Lipinski definition) is 2. The van der Waals surface area contributed by atoms with Crippen molar-refractivity contribution in [1.29, 1.82) is 0 Å². The number of aryl methyl sites for hydroxylation is 1. The molecule has 1 heterocycles. The fourth-order valence-electron chi connectivity index (χ4n) is 3.72. The Morgan fingerprint density at radius 3 is 2.34 bits per heavy atom. The van der Waals surface area contributed by atoms with E-state index in [0.717, 1.165) is 36.1 Å². The highest BCUT2D eigenvalue weighted by Crippen LogP contribution is 2.27. The van der Waals surface area contributed by atoms with Gasteiger partial charge in [0.2, 0.25) is 10.0 Å². The van der Waals surface area contributed by atoms with Crippen molar-refractivity contribution >= 4 is 21.8 Å². The molecule has 1 fully saturated rings. The van der Waals surface area contributed by atoms with Crippen molar-refractivity contribution in [3.05, 3.63) is 65.5 Å². The Morgan fingerprint density at radius 1 is 1.00 bits per heavy atom. The SMILES string of the molecule is Cc1ccc(CNC(=O)C(=O)NCCC2CCCCN2S(=O)(=O)c2ccc(F)cc2)cc1. The minimum absolute atomic E-state index is 0.0466. The standard InChI is InChI=1S/C23H28FN3O4S/c1-17-5-7-18(8-6-17)16-26-23(29)22(28)25-14-13-20-4-2-3-15-27(20)32(30,31)21-11-9-19(24)10-12-21/h5-12,20H,2-4,13-16H2,1H3,(H,25,28)(H,26,29). The molecule has 1 aliphatic rings. The van der Waals surface area contributed by atoms with Crippen LogP contribution in [0.4, 0.5) is 4.39 Å². The molecular formula is C23H28FN3O4S. The zero-order chi connectivity index (χ0) is 23.1. The monoisotopic (exact) mass is 461 g/mol. The van der Waals surface area contributed by atoms with Crippen molar-refractivity contribution in [2.75, 3.05) is 13.1 Å². The first kappa shape index (κ1) is 23.9. The van der Waals surface area contributed by atoms with Gasteiger partial charge in [-0.3, -0.25) is 9.59 Å². The van der Waals surface area contributed by atoms with Gasteiger partial charge in [0.05, 0.1) is 4.90 Å². The molecule has 1 atom stereocenters. The fourth-order valence-corrected chi connectivity index (χ4v) is 5.45. The molecule has 9 heteroatoms. The van der Waals surface area contributed by atoms with Crippen LogP contribution in [0.1, 0.15) is 36.8 Å². The normalized spacial score (nSPS) is 17.0. The van der Waals surface area contributed by atoms with Gasteiger partial charge in [0.1, 0.15) is 5.82 Å². The van der Waals surface area contributed by atoms with Crippen molar-refractivity contribution in [2.24, 2.45) is 0 Å². The topological polar surface area (TPSA) is 95.6 Å². The number of benzene rings is 2. The second-order valence-corrected chi connectivity index (χ2v) is 9.82. The minimum atomic E-state index is -3.76. The first-order valence-corrected chi connectivity index (χ1v) is 12.1. The van der Waals surface area contributed by atoms with Crippen molar-refractivity contribution < 1.29 is 22.4 Å². The van der Waals surface area contributed by atoms with E-state index in [4.69, 9.17) is 0 Å². The summed E-state index contributed by atoms with van der Waals surface area (Å²) in [5.74, 6) is -1.98. The molecule has 2 N–H and O–H groups in total. The molecule has 3 rings (SSSR count). The summed E-state index contributed by atoms with van der Waals surface area (Å²) in [4.78, 5) is 24.2. The van der Waals surface area contributed by atoms with Gasteiger partial charge in [-0.2, -0.15) is 4.31 Å². The molecule has 0 bridgehead atoms. The number of piperidine rings is 1. The lowest BCUT2D eigenvalue weighted by Gasteiger charge is -2.34. The van der Waals surface area contributed by atoms with E-state index in [1.165, 1.54) is 16.4 Å². The second-order valence-electron chi connectivity index (χ2n) is 7.93. The van der Waals surface area contributed by atoms with E-state index in [1.807, 2.05) is 31.2 Å². The van der Waals surface area contributed by atoms with Gasteiger partial charge < -0.3 is 10.6 Å². The second kappa shape index (κ2) is 10.7. The van der Waals surface area contributed by atoms with E-state index >= 15 is 0 Å². The van der Waals surface area contributed by atoms with Gasteiger partial charge in [-0.25, -0.2) is 12.8 Å². The zero-order valence-corrected chi connectivity index (χ0v) is 18.8. The number of rotatable bonds is 7. The van der Waals surface area contributed by atoms with E-state index < -0.39 is 27.7 Å². The van der Waals surface area contributed by atoms with Crippen LogP contribution in [-0.4, -0.2) is 43.7 Å². The van der Waals surface area contributed by atoms with Gasteiger partial charge in [0.15, 0.2) is 0 Å². The number of hydrogen-bond acceptors (Lipinski definition) is 4. The number of carbonyl (C=O) groups excluding carboxylic acids is 2. The van der Waals surface area contributed by atoms with Crippen molar-refractivity contribution in [3.8, 4) is 0 Å². The van der Waals surface area contributed by atoms with Crippen LogP contribution in [0.5, 0.6) is 0 Å². The molecule has 0 aromatic heterocycles. The predicted molar refractivity (Wildman–Crippen MR) is 119 cm³/mol. The first-order valence-electron chi connectivity index (χ1n) is 10.7. The molecule has 7 nitrogen and oxygen atoms in total. The maximum atomic E-state index is 13.2. The number of halogens is 1. The van der Waals surface area contributed by atoms with Gasteiger partial charge in [-0.1, -0.05) is 36.2 Å². The third kappa shape index (κ3) is 6.14. The highest BCUT2D eigenvalue weighted by molar-refractivity contribution is 7.89. The van der Waals surface area contributed by atoms with Gasteiger partial charge in [0, 0.05) is 25.7 Å².